The summed E-state index contributed by atoms with van der Waals surface area (Å²) >= 11 is 0. The third-order valence-corrected chi connectivity index (χ3v) is 8.10. The van der Waals surface area contributed by atoms with Crippen LogP contribution in [0.5, 0.6) is 0 Å². The average Bonchev–Trinajstić information content (AvgIpc) is 2.98. The molecule has 0 radical (unpaired) electrons. The lowest BCUT2D eigenvalue weighted by molar-refractivity contribution is 0.0682. The van der Waals surface area contributed by atoms with Crippen LogP contribution in [0.25, 0.3) is 0 Å². The lowest BCUT2D eigenvalue weighted by Crippen LogP contribution is -2.42. The molecule has 0 spiro atoms. The van der Waals surface area contributed by atoms with Gasteiger partial charge in [0.25, 0.3) is 0 Å². The van der Waals surface area contributed by atoms with Crippen LogP contribution in [-0.2, 0) is 25.9 Å². The highest BCUT2D eigenvalue weighted by Crippen LogP contribution is 2.30. The van der Waals surface area contributed by atoms with E-state index in [9.17, 15) is 5.11 Å². The van der Waals surface area contributed by atoms with E-state index in [2.05, 4.69) is 64.2 Å². The average molecular weight is 448 g/mol. The van der Waals surface area contributed by atoms with Crippen molar-refractivity contribution in [3.05, 3.63) is 64.7 Å². The zero-order chi connectivity index (χ0) is 22.6. The van der Waals surface area contributed by atoms with Crippen molar-refractivity contribution >= 4 is 5.69 Å². The largest absolute Gasteiger partial charge is 0.390 e. The summed E-state index contributed by atoms with van der Waals surface area (Å²) in [4.78, 5) is 7.29. The van der Waals surface area contributed by atoms with Gasteiger partial charge < -0.3 is 10.0 Å². The van der Waals surface area contributed by atoms with Gasteiger partial charge in [0.15, 0.2) is 0 Å². The number of fused-ring (bicyclic) bond motifs is 2. The molecule has 178 valence electrons. The lowest BCUT2D eigenvalue weighted by atomic mass is 9.84. The Morgan fingerprint density at radius 3 is 2.39 bits per heavy atom. The highest BCUT2D eigenvalue weighted by molar-refractivity contribution is 5.56. The second kappa shape index (κ2) is 10.6. The number of rotatable bonds is 6. The highest BCUT2D eigenvalue weighted by Gasteiger charge is 2.23. The summed E-state index contributed by atoms with van der Waals surface area (Å²) in [7, 11) is 2.23. The molecule has 4 heteroatoms. The van der Waals surface area contributed by atoms with Crippen LogP contribution >= 0.6 is 0 Å². The fraction of sp³-hybridized carbons (Fsp3) is 0.586. The van der Waals surface area contributed by atoms with E-state index in [0.717, 1.165) is 58.2 Å². The SMILES string of the molecule is CN1CCN(CC(O)CN2CCc3ccccc3C2)Cc2ccc(CC3CCCCC3)cc21. The fourth-order valence-electron chi connectivity index (χ4n) is 6.20. The molecule has 2 aromatic rings. The van der Waals surface area contributed by atoms with Gasteiger partial charge in [-0.3, -0.25) is 9.80 Å². The van der Waals surface area contributed by atoms with Gasteiger partial charge in [-0.2, -0.15) is 0 Å². The van der Waals surface area contributed by atoms with Gasteiger partial charge in [0.2, 0.25) is 0 Å². The van der Waals surface area contributed by atoms with Crippen molar-refractivity contribution < 1.29 is 5.11 Å². The summed E-state index contributed by atoms with van der Waals surface area (Å²) in [5.74, 6) is 0.876. The maximum absolute atomic E-state index is 10.9. The molecule has 2 heterocycles. The van der Waals surface area contributed by atoms with Crippen LogP contribution in [0.3, 0.4) is 0 Å². The minimum absolute atomic E-state index is 0.312. The molecule has 1 unspecified atom stereocenters. The quantitative estimate of drug-likeness (QED) is 0.707. The van der Waals surface area contributed by atoms with Gasteiger partial charge in [0, 0.05) is 58.5 Å². The fourth-order valence-corrected chi connectivity index (χ4v) is 6.20. The second-order valence-electron chi connectivity index (χ2n) is 10.7. The number of hydrogen-bond acceptors (Lipinski definition) is 4. The van der Waals surface area contributed by atoms with Gasteiger partial charge in [-0.25, -0.2) is 0 Å². The summed E-state index contributed by atoms with van der Waals surface area (Å²) in [6, 6.07) is 15.9. The Kier molecular flexibility index (Phi) is 7.34. The Labute approximate surface area is 200 Å². The predicted molar refractivity (Wildman–Crippen MR) is 137 cm³/mol. The Morgan fingerprint density at radius 1 is 0.848 bits per heavy atom. The maximum atomic E-state index is 10.9. The standard InChI is InChI=1S/C29H41N3O/c1-30-15-16-32(22-28(33)21-31-14-13-25-9-5-6-10-26(25)19-31)20-27-12-11-24(18-29(27)30)17-23-7-3-2-4-8-23/h5-6,9-12,18,23,28,33H,2-4,7-8,13-17,19-22H2,1H3. The van der Waals surface area contributed by atoms with Crippen molar-refractivity contribution in [1.29, 1.82) is 0 Å². The summed E-state index contributed by atoms with van der Waals surface area (Å²) in [5, 5.41) is 10.9. The highest BCUT2D eigenvalue weighted by atomic mass is 16.3. The Bertz CT molecular complexity index is 923. The van der Waals surface area contributed by atoms with E-state index >= 15 is 0 Å². The number of aliphatic hydroxyl groups excluding tert-OH is 1. The molecular weight excluding hydrogens is 406 g/mol. The normalized spacial score (nSPS) is 21.3. The predicted octanol–water partition coefficient (Wildman–Crippen LogP) is 4.48. The first kappa shape index (κ1) is 22.9. The van der Waals surface area contributed by atoms with E-state index in [0.29, 0.717) is 0 Å². The molecule has 33 heavy (non-hydrogen) atoms. The molecule has 0 amide bonds. The minimum Gasteiger partial charge on any atom is -0.390 e. The molecule has 0 aromatic heterocycles. The molecule has 1 atom stereocenters. The van der Waals surface area contributed by atoms with Crippen LogP contribution in [0.2, 0.25) is 0 Å². The second-order valence-corrected chi connectivity index (χ2v) is 10.7. The molecule has 4 nitrogen and oxygen atoms in total. The van der Waals surface area contributed by atoms with Crippen LogP contribution in [0.15, 0.2) is 42.5 Å². The van der Waals surface area contributed by atoms with Gasteiger partial charge in [-0.15, -0.1) is 0 Å². The molecule has 1 aliphatic carbocycles. The zero-order valence-corrected chi connectivity index (χ0v) is 20.4. The summed E-state index contributed by atoms with van der Waals surface area (Å²) in [6.07, 6.45) is 9.08. The van der Waals surface area contributed by atoms with Gasteiger partial charge in [-0.05, 0) is 47.1 Å². The maximum Gasteiger partial charge on any atom is 0.0794 e. The first-order valence-electron chi connectivity index (χ1n) is 13.2. The molecule has 1 fully saturated rings. The van der Waals surface area contributed by atoms with Gasteiger partial charge >= 0.3 is 0 Å². The molecule has 0 bridgehead atoms. The number of anilines is 1. The van der Waals surface area contributed by atoms with E-state index in [1.54, 1.807) is 0 Å². The van der Waals surface area contributed by atoms with E-state index in [-0.39, 0.29) is 6.10 Å². The van der Waals surface area contributed by atoms with Gasteiger partial charge in [0.05, 0.1) is 6.10 Å². The van der Waals surface area contributed by atoms with Gasteiger partial charge in [-0.1, -0.05) is 68.5 Å². The minimum atomic E-state index is -0.312. The van der Waals surface area contributed by atoms with Crippen molar-refractivity contribution in [1.82, 2.24) is 9.80 Å². The van der Waals surface area contributed by atoms with Crippen LogP contribution < -0.4 is 4.90 Å². The Morgan fingerprint density at radius 2 is 1.58 bits per heavy atom. The third kappa shape index (κ3) is 5.79. The van der Waals surface area contributed by atoms with Crippen LogP contribution in [0.4, 0.5) is 5.69 Å². The number of hydrogen-bond donors (Lipinski definition) is 1. The number of aliphatic hydroxyl groups is 1. The van der Waals surface area contributed by atoms with Crippen LogP contribution in [-0.4, -0.2) is 60.8 Å². The lowest BCUT2D eigenvalue weighted by Gasteiger charge is -2.32. The van der Waals surface area contributed by atoms with Crippen molar-refractivity contribution in [2.75, 3.05) is 44.7 Å². The van der Waals surface area contributed by atoms with Crippen LogP contribution in [0.1, 0.15) is 54.4 Å². The number of benzene rings is 2. The zero-order valence-electron chi connectivity index (χ0n) is 20.4. The van der Waals surface area contributed by atoms with Crippen molar-refractivity contribution in [2.24, 2.45) is 5.92 Å². The monoisotopic (exact) mass is 447 g/mol. The van der Waals surface area contributed by atoms with Crippen molar-refractivity contribution in [2.45, 2.75) is 64.1 Å². The summed E-state index contributed by atoms with van der Waals surface area (Å²) in [6.45, 7) is 6.46. The number of nitrogens with zero attached hydrogens (tertiary/aromatic N) is 3. The Balaban J connectivity index is 1.18. The number of β-amino-alcohol motifs (C(OH)–C–C–N with tert-alkyl or cyclic N) is 1. The molecule has 3 aliphatic rings. The van der Waals surface area contributed by atoms with E-state index in [4.69, 9.17) is 0 Å². The molecule has 1 saturated carbocycles. The molecular formula is C29H41N3O. The summed E-state index contributed by atoms with van der Waals surface area (Å²) < 4.78 is 0. The first-order valence-corrected chi connectivity index (χ1v) is 13.2. The van der Waals surface area contributed by atoms with Crippen molar-refractivity contribution in [3.8, 4) is 0 Å². The molecule has 2 aliphatic heterocycles. The van der Waals surface area contributed by atoms with E-state index < -0.39 is 0 Å². The molecule has 1 N–H and O–H groups in total. The third-order valence-electron chi connectivity index (χ3n) is 8.10. The Hall–Kier alpha value is -1.88. The van der Waals surface area contributed by atoms with Crippen LogP contribution in [0, 0.1) is 5.92 Å². The van der Waals surface area contributed by atoms with Gasteiger partial charge in [0.1, 0.15) is 0 Å². The number of likely N-dealkylation sites (N-methyl/N-ethyl adjacent to an activating group) is 1. The topological polar surface area (TPSA) is 30.0 Å². The molecule has 2 aromatic carbocycles. The van der Waals surface area contributed by atoms with Crippen molar-refractivity contribution in [3.63, 3.8) is 0 Å². The molecule has 0 saturated heterocycles. The molecule has 5 rings (SSSR count). The van der Waals surface area contributed by atoms with E-state index in [1.807, 2.05) is 0 Å². The smallest absolute Gasteiger partial charge is 0.0794 e. The first-order chi connectivity index (χ1) is 16.1. The van der Waals surface area contributed by atoms with E-state index in [1.165, 1.54) is 66.5 Å². The summed E-state index contributed by atoms with van der Waals surface area (Å²) in [5.41, 5.74) is 7.20.